The van der Waals surface area contributed by atoms with Gasteiger partial charge in [0.25, 0.3) is 0 Å². The Morgan fingerprint density at radius 3 is 2.40 bits per heavy atom. The number of rotatable bonds is 7. The van der Waals surface area contributed by atoms with Gasteiger partial charge in [0.1, 0.15) is 29.4 Å². The summed E-state index contributed by atoms with van der Waals surface area (Å²) < 4.78 is 23.6. The minimum atomic E-state index is -0.542. The molecule has 0 spiro atoms. The molecule has 9 heteroatoms. The van der Waals surface area contributed by atoms with Gasteiger partial charge in [-0.15, -0.1) is 0 Å². The van der Waals surface area contributed by atoms with Gasteiger partial charge in [-0.25, -0.2) is 9.78 Å². The summed E-state index contributed by atoms with van der Waals surface area (Å²) in [5.74, 6) is 1.06. The highest BCUT2D eigenvalue weighted by molar-refractivity contribution is 5.74. The molecule has 5 rings (SSSR count). The number of ether oxygens (including phenoxy) is 4. The molecule has 9 nitrogen and oxygen atoms in total. The van der Waals surface area contributed by atoms with Gasteiger partial charge in [-0.3, -0.25) is 4.79 Å². The Morgan fingerprint density at radius 2 is 1.69 bits per heavy atom. The lowest BCUT2D eigenvalue weighted by atomic mass is 9.92. The third-order valence-electron chi connectivity index (χ3n) is 8.88. The Kier molecular flexibility index (Phi) is 10.4. The van der Waals surface area contributed by atoms with Crippen LogP contribution in [0.4, 0.5) is 10.6 Å². The van der Waals surface area contributed by atoms with Crippen molar-refractivity contribution in [2.24, 2.45) is 5.92 Å². The Labute approximate surface area is 285 Å². The van der Waals surface area contributed by atoms with Crippen LogP contribution in [0.5, 0.6) is 5.75 Å². The van der Waals surface area contributed by atoms with Crippen LogP contribution in [0.3, 0.4) is 0 Å². The highest BCUT2D eigenvalue weighted by Crippen LogP contribution is 2.34. The van der Waals surface area contributed by atoms with Crippen LogP contribution in [0, 0.1) is 19.8 Å². The summed E-state index contributed by atoms with van der Waals surface area (Å²) in [5, 5.41) is 0. The van der Waals surface area contributed by atoms with Gasteiger partial charge in [-0.1, -0.05) is 29.8 Å². The zero-order valence-electron chi connectivity index (χ0n) is 30.0. The molecule has 2 aliphatic heterocycles. The third kappa shape index (κ3) is 8.48. The molecule has 0 radical (unpaired) electrons. The lowest BCUT2D eigenvalue weighted by Crippen LogP contribution is -2.49. The molecule has 1 saturated heterocycles. The fraction of sp³-hybridized carbons (Fsp3) is 0.513. The molecule has 0 saturated carbocycles. The van der Waals surface area contributed by atoms with Crippen LogP contribution in [0.2, 0.25) is 0 Å². The summed E-state index contributed by atoms with van der Waals surface area (Å²) in [4.78, 5) is 34.6. The summed E-state index contributed by atoms with van der Waals surface area (Å²) in [6, 6.07) is 16.4. The van der Waals surface area contributed by atoms with Crippen LogP contribution >= 0.6 is 0 Å². The van der Waals surface area contributed by atoms with E-state index < -0.39 is 11.2 Å². The van der Waals surface area contributed by atoms with Gasteiger partial charge in [-0.05, 0) is 115 Å². The zero-order valence-corrected chi connectivity index (χ0v) is 30.0. The molecule has 3 aromatic rings. The van der Waals surface area contributed by atoms with Crippen LogP contribution in [-0.4, -0.2) is 66.0 Å². The van der Waals surface area contributed by atoms with Crippen LogP contribution in [0.25, 0.3) is 11.3 Å². The quantitative estimate of drug-likeness (QED) is 0.243. The van der Waals surface area contributed by atoms with E-state index in [0.29, 0.717) is 39.2 Å². The van der Waals surface area contributed by atoms with E-state index >= 15 is 0 Å². The van der Waals surface area contributed by atoms with Crippen molar-refractivity contribution in [3.05, 3.63) is 76.3 Å². The van der Waals surface area contributed by atoms with Crippen molar-refractivity contribution in [2.75, 3.05) is 31.6 Å². The maximum Gasteiger partial charge on any atom is 0.410 e. The minimum absolute atomic E-state index is 0.214. The summed E-state index contributed by atoms with van der Waals surface area (Å²) in [6.45, 7) is 18.3. The van der Waals surface area contributed by atoms with E-state index in [-0.39, 0.29) is 24.1 Å². The second kappa shape index (κ2) is 14.2. The van der Waals surface area contributed by atoms with Crippen molar-refractivity contribution >= 4 is 17.9 Å². The molecule has 1 amide bonds. The number of pyridine rings is 1. The number of hydrogen-bond donors (Lipinski definition) is 0. The molecule has 2 atom stereocenters. The number of piperidine rings is 1. The van der Waals surface area contributed by atoms with E-state index in [2.05, 4.69) is 43.0 Å². The van der Waals surface area contributed by atoms with Crippen molar-refractivity contribution in [2.45, 2.75) is 98.7 Å². The molecule has 48 heavy (non-hydrogen) atoms. The Morgan fingerprint density at radius 1 is 0.938 bits per heavy atom. The van der Waals surface area contributed by atoms with Crippen LogP contribution in [0.15, 0.2) is 48.5 Å². The van der Waals surface area contributed by atoms with Crippen LogP contribution < -0.4 is 9.64 Å². The van der Waals surface area contributed by atoms with Gasteiger partial charge in [-0.2, -0.15) is 0 Å². The maximum absolute atomic E-state index is 12.9. The number of nitrogens with zero attached hydrogens (tertiary/aromatic N) is 3. The summed E-state index contributed by atoms with van der Waals surface area (Å²) in [5.41, 5.74) is 6.54. The molecule has 258 valence electrons. The van der Waals surface area contributed by atoms with E-state index in [1.165, 1.54) is 11.1 Å². The monoisotopic (exact) mass is 657 g/mol. The number of aromatic nitrogens is 1. The molecule has 0 aliphatic carbocycles. The Balaban J connectivity index is 1.30. The van der Waals surface area contributed by atoms with Gasteiger partial charge >= 0.3 is 12.1 Å². The molecule has 2 aromatic carbocycles. The number of methoxy groups -OCH3 is 1. The van der Waals surface area contributed by atoms with Gasteiger partial charge in [0.15, 0.2) is 0 Å². The number of esters is 1. The normalized spacial score (nSPS) is 18.3. The van der Waals surface area contributed by atoms with Crippen molar-refractivity contribution in [3.8, 4) is 17.0 Å². The van der Waals surface area contributed by atoms with Crippen LogP contribution in [0.1, 0.15) is 75.8 Å². The fourth-order valence-corrected chi connectivity index (χ4v) is 6.41. The molecular formula is C39H51N3O6. The number of anilines is 1. The Hall–Kier alpha value is -4.11. The number of fused-ring (bicyclic) bond motifs is 1. The second-order valence-corrected chi connectivity index (χ2v) is 15.0. The molecular weight excluding hydrogens is 606 g/mol. The van der Waals surface area contributed by atoms with Crippen molar-refractivity contribution < 1.29 is 28.5 Å². The Bertz CT molecular complexity index is 1640. The highest BCUT2D eigenvalue weighted by Gasteiger charge is 2.37. The fourth-order valence-electron chi connectivity index (χ4n) is 6.41. The highest BCUT2D eigenvalue weighted by atomic mass is 16.6. The molecule has 0 bridgehead atoms. The molecule has 0 unspecified atom stereocenters. The van der Waals surface area contributed by atoms with E-state index in [1.54, 1.807) is 12.0 Å². The average Bonchev–Trinajstić information content (AvgIpc) is 3.03. The molecule has 1 fully saturated rings. The number of benzene rings is 2. The predicted molar refractivity (Wildman–Crippen MR) is 187 cm³/mol. The largest absolute Gasteiger partial charge is 0.488 e. The smallest absolute Gasteiger partial charge is 0.410 e. The number of carbonyl (C=O) groups is 2. The third-order valence-corrected chi connectivity index (χ3v) is 8.88. The average molecular weight is 658 g/mol. The van der Waals surface area contributed by atoms with Crippen LogP contribution in [-0.2, 0) is 38.6 Å². The number of aryl methyl sites for hydroxylation is 1. The number of carbonyl (C=O) groups excluding carboxylic acids is 2. The lowest BCUT2D eigenvalue weighted by Gasteiger charge is -2.38. The first-order valence-corrected chi connectivity index (χ1v) is 16.9. The predicted octanol–water partition coefficient (Wildman–Crippen LogP) is 7.42. The summed E-state index contributed by atoms with van der Waals surface area (Å²) in [6.07, 6.45) is 0.834. The molecule has 2 aliphatic rings. The molecule has 3 heterocycles. The summed E-state index contributed by atoms with van der Waals surface area (Å²) >= 11 is 0. The lowest BCUT2D eigenvalue weighted by molar-refractivity contribution is -0.165. The van der Waals surface area contributed by atoms with Gasteiger partial charge in [0.2, 0.25) is 0 Å². The number of hydrogen-bond acceptors (Lipinski definition) is 8. The number of amides is 1. The van der Waals surface area contributed by atoms with E-state index in [4.69, 9.17) is 23.9 Å². The van der Waals surface area contributed by atoms with Gasteiger partial charge in [0.05, 0.1) is 17.7 Å². The van der Waals surface area contributed by atoms with E-state index in [1.807, 2.05) is 65.8 Å². The SMILES string of the molecule is CO[C@@H]1CN(c2cccc(-c3cc(C)ccc3OCc3ccc4c(c3C)CCN(C(=O)OC(C)(C)C)C4)n2)CC[C@@H]1C(=O)OC(C)(C)C. The van der Waals surface area contributed by atoms with Crippen molar-refractivity contribution in [1.82, 2.24) is 9.88 Å². The standard InChI is InChI=1S/C39H51N3O6/c1-25-13-16-33(46-24-28-15-14-27-22-42(20-17-29(27)26(28)2)37(44)48-39(6,7)8)31(21-25)32-11-10-12-35(40-32)41-19-18-30(34(23-41)45-9)36(43)47-38(3,4)5/h10-16,21,30,34H,17-20,22-24H2,1-9H3/t30-,34+/m0/s1. The van der Waals surface area contributed by atoms with Crippen molar-refractivity contribution in [3.63, 3.8) is 0 Å². The first kappa shape index (κ1) is 35.2. The summed E-state index contributed by atoms with van der Waals surface area (Å²) in [7, 11) is 1.65. The second-order valence-electron chi connectivity index (χ2n) is 15.0. The van der Waals surface area contributed by atoms with Gasteiger partial charge in [0, 0.05) is 38.9 Å². The van der Waals surface area contributed by atoms with Crippen molar-refractivity contribution in [1.29, 1.82) is 0 Å². The van der Waals surface area contributed by atoms with E-state index in [0.717, 1.165) is 45.9 Å². The first-order chi connectivity index (χ1) is 22.6. The molecule has 0 N–H and O–H groups in total. The molecule has 1 aromatic heterocycles. The van der Waals surface area contributed by atoms with E-state index in [9.17, 15) is 9.59 Å². The topological polar surface area (TPSA) is 90.4 Å². The van der Waals surface area contributed by atoms with Gasteiger partial charge < -0.3 is 28.7 Å². The first-order valence-electron chi connectivity index (χ1n) is 16.9. The zero-order chi connectivity index (χ0) is 34.8. The maximum atomic E-state index is 12.9. The minimum Gasteiger partial charge on any atom is -0.488 e.